The van der Waals surface area contributed by atoms with Crippen LogP contribution >= 0.6 is 0 Å². The minimum atomic E-state index is -0.571. The first-order valence-electron chi connectivity index (χ1n) is 3.94. The largest absolute Gasteiger partial charge is 0.398 e. The fraction of sp³-hybridized carbons (Fsp3) is 0.222. The Morgan fingerprint density at radius 1 is 1.46 bits per heavy atom. The van der Waals surface area contributed by atoms with E-state index in [1.54, 1.807) is 24.3 Å². The highest BCUT2D eigenvalue weighted by Gasteiger charge is 2.06. The van der Waals surface area contributed by atoms with Crippen LogP contribution in [0.2, 0.25) is 0 Å². The number of nitrogen functional groups attached to an aromatic ring is 1. The van der Waals surface area contributed by atoms with Crippen molar-refractivity contribution in [2.75, 3.05) is 19.0 Å². The molecule has 1 rings (SSSR count). The van der Waals surface area contributed by atoms with Crippen molar-refractivity contribution in [1.82, 2.24) is 5.32 Å². The third-order valence-electron chi connectivity index (χ3n) is 1.59. The number of amides is 1. The molecule has 3 nitrogen and oxygen atoms in total. The lowest BCUT2D eigenvalue weighted by Gasteiger charge is -2.04. The molecule has 1 aromatic carbocycles. The lowest BCUT2D eigenvalue weighted by atomic mass is 10.2. The van der Waals surface area contributed by atoms with Crippen molar-refractivity contribution in [3.05, 3.63) is 29.8 Å². The fourth-order valence-electron chi connectivity index (χ4n) is 0.960. The van der Waals surface area contributed by atoms with Crippen LogP contribution in [0.1, 0.15) is 10.4 Å². The monoisotopic (exact) mass is 182 g/mol. The Labute approximate surface area is 75.7 Å². The van der Waals surface area contributed by atoms with Crippen LogP contribution in [0, 0.1) is 0 Å². The maximum atomic E-state index is 11.7. The Bertz CT molecular complexity index is 301. The van der Waals surface area contributed by atoms with E-state index in [2.05, 4.69) is 5.32 Å². The highest BCUT2D eigenvalue weighted by Crippen LogP contribution is 2.09. The van der Waals surface area contributed by atoms with Gasteiger partial charge in [0.2, 0.25) is 0 Å². The molecular weight excluding hydrogens is 171 g/mol. The Morgan fingerprint density at radius 3 is 2.77 bits per heavy atom. The van der Waals surface area contributed by atoms with E-state index in [0.717, 1.165) is 0 Å². The normalized spacial score (nSPS) is 9.62. The second-order valence-electron chi connectivity index (χ2n) is 2.53. The molecule has 3 N–H and O–H groups in total. The van der Waals surface area contributed by atoms with Crippen molar-refractivity contribution in [3.8, 4) is 0 Å². The van der Waals surface area contributed by atoms with Gasteiger partial charge in [0.15, 0.2) is 0 Å². The zero-order chi connectivity index (χ0) is 9.68. The molecule has 0 aliphatic carbocycles. The highest BCUT2D eigenvalue weighted by atomic mass is 19.1. The summed E-state index contributed by atoms with van der Waals surface area (Å²) in [5, 5.41) is 2.40. The van der Waals surface area contributed by atoms with Gasteiger partial charge in [-0.2, -0.15) is 0 Å². The van der Waals surface area contributed by atoms with E-state index >= 15 is 0 Å². The molecular formula is C9H11FN2O. The minimum absolute atomic E-state index is 0.0210. The number of halogens is 1. The van der Waals surface area contributed by atoms with Gasteiger partial charge in [-0.25, -0.2) is 4.39 Å². The maximum Gasteiger partial charge on any atom is 0.253 e. The summed E-state index contributed by atoms with van der Waals surface area (Å²) in [4.78, 5) is 11.3. The second kappa shape index (κ2) is 4.45. The van der Waals surface area contributed by atoms with E-state index in [-0.39, 0.29) is 12.5 Å². The molecule has 4 heteroatoms. The zero-order valence-electron chi connectivity index (χ0n) is 7.09. The number of carbonyl (C=O) groups excluding carboxylic acids is 1. The third kappa shape index (κ3) is 2.43. The van der Waals surface area contributed by atoms with Gasteiger partial charge in [0.1, 0.15) is 6.67 Å². The number of carbonyl (C=O) groups is 1. The Morgan fingerprint density at radius 2 is 2.15 bits per heavy atom. The van der Waals surface area contributed by atoms with E-state index in [0.29, 0.717) is 11.3 Å². The topological polar surface area (TPSA) is 55.1 Å². The number of para-hydroxylation sites is 1. The van der Waals surface area contributed by atoms with Gasteiger partial charge in [-0.3, -0.25) is 4.79 Å². The van der Waals surface area contributed by atoms with Gasteiger partial charge in [-0.05, 0) is 12.1 Å². The number of rotatable bonds is 3. The minimum Gasteiger partial charge on any atom is -0.398 e. The number of benzene rings is 1. The first kappa shape index (κ1) is 9.51. The number of hydrogen-bond acceptors (Lipinski definition) is 2. The molecule has 70 valence electrons. The molecule has 0 fully saturated rings. The van der Waals surface area contributed by atoms with Gasteiger partial charge in [-0.15, -0.1) is 0 Å². The van der Waals surface area contributed by atoms with Gasteiger partial charge < -0.3 is 11.1 Å². The van der Waals surface area contributed by atoms with E-state index in [4.69, 9.17) is 5.73 Å². The molecule has 0 aromatic heterocycles. The third-order valence-corrected chi connectivity index (χ3v) is 1.59. The molecule has 1 amide bonds. The molecule has 0 atom stereocenters. The van der Waals surface area contributed by atoms with Crippen LogP contribution in [-0.2, 0) is 0 Å². The van der Waals surface area contributed by atoms with Crippen molar-refractivity contribution in [2.45, 2.75) is 0 Å². The van der Waals surface area contributed by atoms with Crippen LogP contribution < -0.4 is 11.1 Å². The summed E-state index contributed by atoms with van der Waals surface area (Å²) in [5.41, 5.74) is 6.33. The summed E-state index contributed by atoms with van der Waals surface area (Å²) >= 11 is 0. The van der Waals surface area contributed by atoms with Crippen LogP contribution in [-0.4, -0.2) is 19.1 Å². The summed E-state index contributed by atoms with van der Waals surface area (Å²) < 4.78 is 11.7. The van der Waals surface area contributed by atoms with E-state index in [9.17, 15) is 9.18 Å². The van der Waals surface area contributed by atoms with Crippen molar-refractivity contribution in [1.29, 1.82) is 0 Å². The SMILES string of the molecule is Nc1ccccc1C(=O)NCCF. The molecule has 0 heterocycles. The number of anilines is 1. The molecule has 0 aliphatic rings. The molecule has 0 spiro atoms. The van der Waals surface area contributed by atoms with Crippen molar-refractivity contribution >= 4 is 11.6 Å². The zero-order valence-corrected chi connectivity index (χ0v) is 7.09. The Hall–Kier alpha value is -1.58. The van der Waals surface area contributed by atoms with Crippen LogP contribution in [0.4, 0.5) is 10.1 Å². The average Bonchev–Trinajstić information content (AvgIpc) is 2.15. The van der Waals surface area contributed by atoms with Crippen LogP contribution in [0.15, 0.2) is 24.3 Å². The fourth-order valence-corrected chi connectivity index (χ4v) is 0.960. The Balaban J connectivity index is 2.71. The molecule has 0 unspecified atom stereocenters. The van der Waals surface area contributed by atoms with E-state index in [1.807, 2.05) is 0 Å². The number of nitrogens with two attached hydrogens (primary N) is 1. The smallest absolute Gasteiger partial charge is 0.253 e. The molecule has 0 saturated carbocycles. The highest BCUT2D eigenvalue weighted by molar-refractivity contribution is 5.98. The summed E-state index contributed by atoms with van der Waals surface area (Å²) in [6, 6.07) is 6.68. The maximum absolute atomic E-state index is 11.7. The second-order valence-corrected chi connectivity index (χ2v) is 2.53. The molecule has 0 bridgehead atoms. The summed E-state index contributed by atoms with van der Waals surface area (Å²) in [7, 11) is 0. The summed E-state index contributed by atoms with van der Waals surface area (Å²) in [5.74, 6) is -0.337. The molecule has 13 heavy (non-hydrogen) atoms. The van der Waals surface area contributed by atoms with Gasteiger partial charge in [0.05, 0.1) is 5.56 Å². The lowest BCUT2D eigenvalue weighted by molar-refractivity contribution is 0.0951. The molecule has 0 saturated heterocycles. The van der Waals surface area contributed by atoms with Gasteiger partial charge >= 0.3 is 0 Å². The van der Waals surface area contributed by atoms with E-state index < -0.39 is 6.67 Å². The van der Waals surface area contributed by atoms with Crippen LogP contribution in [0.25, 0.3) is 0 Å². The number of alkyl halides is 1. The number of nitrogens with one attached hydrogen (secondary N) is 1. The molecule has 0 aliphatic heterocycles. The van der Waals surface area contributed by atoms with E-state index in [1.165, 1.54) is 0 Å². The first-order chi connectivity index (χ1) is 6.25. The molecule has 0 radical (unpaired) electrons. The van der Waals surface area contributed by atoms with Crippen molar-refractivity contribution in [3.63, 3.8) is 0 Å². The van der Waals surface area contributed by atoms with Gasteiger partial charge in [0, 0.05) is 12.2 Å². The van der Waals surface area contributed by atoms with Gasteiger partial charge in [0.25, 0.3) is 5.91 Å². The Kier molecular flexibility index (Phi) is 3.25. The predicted octanol–water partition coefficient (Wildman–Crippen LogP) is 0.968. The average molecular weight is 182 g/mol. The number of hydrogen-bond donors (Lipinski definition) is 2. The lowest BCUT2D eigenvalue weighted by Crippen LogP contribution is -2.26. The quantitative estimate of drug-likeness (QED) is 0.684. The van der Waals surface area contributed by atoms with Crippen molar-refractivity contribution in [2.24, 2.45) is 0 Å². The van der Waals surface area contributed by atoms with Crippen LogP contribution in [0.5, 0.6) is 0 Å². The first-order valence-corrected chi connectivity index (χ1v) is 3.94. The predicted molar refractivity (Wildman–Crippen MR) is 49.2 cm³/mol. The van der Waals surface area contributed by atoms with Crippen molar-refractivity contribution < 1.29 is 9.18 Å². The van der Waals surface area contributed by atoms with Crippen LogP contribution in [0.3, 0.4) is 0 Å². The van der Waals surface area contributed by atoms with Gasteiger partial charge in [-0.1, -0.05) is 12.1 Å². The summed E-state index contributed by atoms with van der Waals surface area (Å²) in [6.45, 7) is -0.550. The summed E-state index contributed by atoms with van der Waals surface area (Å²) in [6.07, 6.45) is 0. The molecule has 1 aromatic rings. The standard InChI is InChI=1S/C9H11FN2O/c10-5-6-12-9(13)7-3-1-2-4-8(7)11/h1-4H,5-6,11H2,(H,12,13).